The molecule has 2 rings (SSSR count). The van der Waals surface area contributed by atoms with Crippen molar-refractivity contribution in [3.63, 3.8) is 0 Å². The summed E-state index contributed by atoms with van der Waals surface area (Å²) in [5.74, 6) is 0.907. The lowest BCUT2D eigenvalue weighted by Gasteiger charge is -2.04. The molecule has 2 N–H and O–H groups in total. The number of nitriles is 1. The average Bonchev–Trinajstić information content (AvgIpc) is 2.64. The molecule has 1 aromatic rings. The zero-order valence-corrected chi connectivity index (χ0v) is 9.06. The molecule has 76 valence electrons. The van der Waals surface area contributed by atoms with Crippen LogP contribution in [0.3, 0.4) is 0 Å². The molecule has 1 aromatic carbocycles. The minimum atomic E-state index is 0.0443. The van der Waals surface area contributed by atoms with Crippen molar-refractivity contribution in [3.8, 4) is 11.8 Å². The number of phenolic OH excluding ortho intramolecular Hbond substituents is 1. The van der Waals surface area contributed by atoms with Crippen molar-refractivity contribution in [1.82, 2.24) is 5.32 Å². The summed E-state index contributed by atoms with van der Waals surface area (Å²) < 4.78 is 0. The lowest BCUT2D eigenvalue weighted by molar-refractivity contribution is 0.473. The second kappa shape index (κ2) is 3.87. The van der Waals surface area contributed by atoms with E-state index < -0.39 is 0 Å². The highest BCUT2D eigenvalue weighted by Gasteiger charge is 2.14. The van der Waals surface area contributed by atoms with Gasteiger partial charge in [-0.2, -0.15) is 5.26 Å². The zero-order valence-electron chi connectivity index (χ0n) is 8.24. The Morgan fingerprint density at radius 2 is 2.33 bits per heavy atom. The first-order valence-corrected chi connectivity index (χ1v) is 5.52. The van der Waals surface area contributed by atoms with Gasteiger partial charge in [0.15, 0.2) is 0 Å². The third kappa shape index (κ3) is 1.79. The molecule has 3 nitrogen and oxygen atoms in total. The zero-order chi connectivity index (χ0) is 10.8. The fraction of sp³-hybridized carbons (Fsp3) is 0.182. The van der Waals surface area contributed by atoms with Gasteiger partial charge < -0.3 is 10.4 Å². The van der Waals surface area contributed by atoms with Crippen LogP contribution in [0.5, 0.6) is 5.75 Å². The van der Waals surface area contributed by atoms with Crippen LogP contribution in [0.2, 0.25) is 0 Å². The predicted molar refractivity (Wildman–Crippen MR) is 61.0 cm³/mol. The van der Waals surface area contributed by atoms with E-state index in [2.05, 4.69) is 5.32 Å². The maximum absolute atomic E-state index is 9.56. The van der Waals surface area contributed by atoms with E-state index in [0.717, 1.165) is 22.0 Å². The fourth-order valence-electron chi connectivity index (χ4n) is 1.47. The van der Waals surface area contributed by atoms with Gasteiger partial charge in [-0.3, -0.25) is 0 Å². The Morgan fingerprint density at radius 1 is 1.53 bits per heavy atom. The van der Waals surface area contributed by atoms with Crippen LogP contribution in [0.4, 0.5) is 0 Å². The highest BCUT2D eigenvalue weighted by atomic mass is 32.2. The van der Waals surface area contributed by atoms with Crippen molar-refractivity contribution in [2.75, 3.05) is 5.88 Å². The summed E-state index contributed by atoms with van der Waals surface area (Å²) in [5.41, 5.74) is 2.39. The monoisotopic (exact) mass is 218 g/mol. The van der Waals surface area contributed by atoms with E-state index in [1.54, 1.807) is 23.9 Å². The predicted octanol–water partition coefficient (Wildman–Crippen LogP) is 2.25. The van der Waals surface area contributed by atoms with E-state index in [1.807, 2.05) is 19.1 Å². The topological polar surface area (TPSA) is 56.0 Å². The third-order valence-electron chi connectivity index (χ3n) is 2.27. The molecule has 0 atom stereocenters. The van der Waals surface area contributed by atoms with Gasteiger partial charge >= 0.3 is 0 Å². The Bertz CT molecular complexity index is 474. The number of benzene rings is 1. The Hall–Kier alpha value is -1.60. The van der Waals surface area contributed by atoms with Crippen molar-refractivity contribution in [2.45, 2.75) is 6.92 Å². The summed E-state index contributed by atoms with van der Waals surface area (Å²) in [6, 6.07) is 7.07. The normalized spacial score (nSPS) is 14.9. The molecule has 15 heavy (non-hydrogen) atoms. The molecular weight excluding hydrogens is 208 g/mol. The highest BCUT2D eigenvalue weighted by Crippen LogP contribution is 2.35. The summed E-state index contributed by atoms with van der Waals surface area (Å²) in [5, 5.41) is 21.5. The number of aromatic hydroxyl groups is 1. The SMILES string of the molecule is CC1=C(c2ccc(C#N)c(O)c2)SCN1. The third-order valence-corrected chi connectivity index (χ3v) is 3.39. The largest absolute Gasteiger partial charge is 0.507 e. The Kier molecular flexibility index (Phi) is 2.57. The van der Waals surface area contributed by atoms with Gasteiger partial charge in [-0.25, -0.2) is 0 Å². The average molecular weight is 218 g/mol. The minimum Gasteiger partial charge on any atom is -0.507 e. The number of rotatable bonds is 1. The molecule has 1 heterocycles. The summed E-state index contributed by atoms with van der Waals surface area (Å²) in [6.45, 7) is 2.00. The maximum Gasteiger partial charge on any atom is 0.133 e. The number of hydrogen-bond donors (Lipinski definition) is 2. The molecule has 0 saturated heterocycles. The molecule has 0 unspecified atom stereocenters. The van der Waals surface area contributed by atoms with Crippen molar-refractivity contribution in [1.29, 1.82) is 5.26 Å². The molecule has 0 amide bonds. The molecular formula is C11H10N2OS. The first-order chi connectivity index (χ1) is 7.22. The van der Waals surface area contributed by atoms with Crippen molar-refractivity contribution in [2.24, 2.45) is 0 Å². The van der Waals surface area contributed by atoms with Gasteiger partial charge in [0, 0.05) is 10.6 Å². The number of thioether (sulfide) groups is 1. The Balaban J connectivity index is 2.44. The second-order valence-electron chi connectivity index (χ2n) is 3.26. The van der Waals surface area contributed by atoms with Crippen molar-refractivity contribution in [3.05, 3.63) is 35.0 Å². The lowest BCUT2D eigenvalue weighted by atomic mass is 10.1. The van der Waals surface area contributed by atoms with Crippen LogP contribution < -0.4 is 5.32 Å². The van der Waals surface area contributed by atoms with Gasteiger partial charge in [0.25, 0.3) is 0 Å². The summed E-state index contributed by atoms with van der Waals surface area (Å²) >= 11 is 1.70. The van der Waals surface area contributed by atoms with Gasteiger partial charge in [0.05, 0.1) is 11.4 Å². The summed E-state index contributed by atoms with van der Waals surface area (Å²) in [4.78, 5) is 1.13. The van der Waals surface area contributed by atoms with E-state index in [9.17, 15) is 5.11 Å². The number of nitrogens with zero attached hydrogens (tertiary/aromatic N) is 1. The molecule has 0 fully saturated rings. The molecule has 0 bridgehead atoms. The number of allylic oxidation sites excluding steroid dienone is 1. The minimum absolute atomic E-state index is 0.0443. The number of nitrogens with one attached hydrogen (secondary N) is 1. The number of phenols is 1. The fourth-order valence-corrected chi connectivity index (χ4v) is 2.49. The molecule has 0 aliphatic carbocycles. The summed E-state index contributed by atoms with van der Waals surface area (Å²) in [6.07, 6.45) is 0. The first kappa shape index (κ1) is 9.94. The van der Waals surface area contributed by atoms with Gasteiger partial charge in [-0.05, 0) is 24.6 Å². The van der Waals surface area contributed by atoms with Crippen molar-refractivity contribution < 1.29 is 5.11 Å². The Labute approximate surface area is 92.4 Å². The molecule has 0 radical (unpaired) electrons. The van der Waals surface area contributed by atoms with Crippen molar-refractivity contribution >= 4 is 16.7 Å². The van der Waals surface area contributed by atoms with Gasteiger partial charge in [0.2, 0.25) is 0 Å². The molecule has 0 aromatic heterocycles. The van der Waals surface area contributed by atoms with Crippen LogP contribution in [0.1, 0.15) is 18.1 Å². The van der Waals surface area contributed by atoms with Crippen LogP contribution in [0, 0.1) is 11.3 Å². The van der Waals surface area contributed by atoms with Gasteiger partial charge in [0.1, 0.15) is 11.8 Å². The number of hydrogen-bond acceptors (Lipinski definition) is 4. The van der Waals surface area contributed by atoms with Crippen LogP contribution in [0.25, 0.3) is 4.91 Å². The van der Waals surface area contributed by atoms with Gasteiger partial charge in [-0.1, -0.05) is 6.07 Å². The molecule has 0 saturated carbocycles. The molecule has 1 aliphatic rings. The standard InChI is InChI=1S/C11H10N2OS/c1-7-11(15-6-13-7)8-2-3-9(5-12)10(14)4-8/h2-4,13-14H,6H2,1H3. The van der Waals surface area contributed by atoms with Crippen LogP contribution >= 0.6 is 11.8 Å². The Morgan fingerprint density at radius 3 is 2.87 bits per heavy atom. The van der Waals surface area contributed by atoms with E-state index in [1.165, 1.54) is 0 Å². The smallest absolute Gasteiger partial charge is 0.133 e. The van der Waals surface area contributed by atoms with Crippen LogP contribution in [-0.4, -0.2) is 11.0 Å². The quantitative estimate of drug-likeness (QED) is 0.759. The van der Waals surface area contributed by atoms with E-state index in [4.69, 9.17) is 5.26 Å². The van der Waals surface area contributed by atoms with Crippen LogP contribution in [0.15, 0.2) is 23.9 Å². The maximum atomic E-state index is 9.56. The van der Waals surface area contributed by atoms with Gasteiger partial charge in [-0.15, -0.1) is 11.8 Å². The highest BCUT2D eigenvalue weighted by molar-refractivity contribution is 8.08. The lowest BCUT2D eigenvalue weighted by Crippen LogP contribution is -2.02. The molecule has 0 spiro atoms. The van der Waals surface area contributed by atoms with E-state index >= 15 is 0 Å². The van der Waals surface area contributed by atoms with E-state index in [0.29, 0.717) is 5.56 Å². The first-order valence-electron chi connectivity index (χ1n) is 4.53. The summed E-state index contributed by atoms with van der Waals surface area (Å²) in [7, 11) is 0. The van der Waals surface area contributed by atoms with E-state index in [-0.39, 0.29) is 5.75 Å². The van der Waals surface area contributed by atoms with Crippen LogP contribution in [-0.2, 0) is 0 Å². The molecule has 4 heteroatoms. The second-order valence-corrected chi connectivity index (χ2v) is 4.25. The molecule has 1 aliphatic heterocycles.